The van der Waals surface area contributed by atoms with Crippen molar-refractivity contribution in [3.05, 3.63) is 29.8 Å². The summed E-state index contributed by atoms with van der Waals surface area (Å²) in [5, 5.41) is 17.8. The minimum Gasteiger partial charge on any atom is -0.492 e. The zero-order valence-electron chi connectivity index (χ0n) is 11.6. The number of hydrogen-bond donors (Lipinski definition) is 3. The Morgan fingerprint density at radius 1 is 1.05 bits per heavy atom. The van der Waals surface area contributed by atoms with Gasteiger partial charge in [0.2, 0.25) is 0 Å². The molecule has 0 saturated heterocycles. The van der Waals surface area contributed by atoms with Crippen molar-refractivity contribution in [3.8, 4) is 17.6 Å². The monoisotopic (exact) mass is 278 g/mol. The molecule has 0 aliphatic heterocycles. The molecule has 0 spiro atoms. The van der Waals surface area contributed by atoms with Gasteiger partial charge in [0.1, 0.15) is 12.4 Å². The Morgan fingerprint density at radius 3 is 2.25 bits per heavy atom. The van der Waals surface area contributed by atoms with Gasteiger partial charge < -0.3 is 20.7 Å². The van der Waals surface area contributed by atoms with Crippen molar-refractivity contribution in [1.82, 2.24) is 4.90 Å². The molecule has 0 aliphatic rings. The van der Waals surface area contributed by atoms with Crippen LogP contribution in [-0.2, 0) is 0 Å². The smallest absolute Gasteiger partial charge is 0.119 e. The summed E-state index contributed by atoms with van der Waals surface area (Å²) in [4.78, 5) is 1.95. The quantitative estimate of drug-likeness (QED) is 0.567. The highest BCUT2D eigenvalue weighted by molar-refractivity contribution is 5.38. The fraction of sp³-hybridized carbons (Fsp3) is 0.467. The molecule has 110 valence electrons. The maximum absolute atomic E-state index is 8.90. The highest BCUT2D eigenvalue weighted by Gasteiger charge is 2.03. The first-order valence-electron chi connectivity index (χ1n) is 6.66. The van der Waals surface area contributed by atoms with E-state index in [0.717, 1.165) is 11.3 Å². The molecule has 0 unspecified atom stereocenters. The summed E-state index contributed by atoms with van der Waals surface area (Å²) in [5.41, 5.74) is 6.22. The lowest BCUT2D eigenvalue weighted by atomic mass is 10.2. The first-order chi connectivity index (χ1) is 9.80. The predicted molar refractivity (Wildman–Crippen MR) is 78.5 cm³/mol. The van der Waals surface area contributed by atoms with Gasteiger partial charge in [0.15, 0.2) is 0 Å². The van der Waals surface area contributed by atoms with E-state index < -0.39 is 0 Å². The molecule has 0 amide bonds. The molecule has 1 aromatic rings. The van der Waals surface area contributed by atoms with E-state index in [4.69, 9.17) is 20.7 Å². The van der Waals surface area contributed by atoms with Crippen LogP contribution in [0.3, 0.4) is 0 Å². The average Bonchev–Trinajstić information content (AvgIpc) is 2.47. The maximum atomic E-state index is 8.90. The van der Waals surface area contributed by atoms with E-state index in [-0.39, 0.29) is 13.2 Å². The van der Waals surface area contributed by atoms with Gasteiger partial charge in [-0.25, -0.2) is 0 Å². The van der Waals surface area contributed by atoms with Crippen molar-refractivity contribution >= 4 is 0 Å². The molecular weight excluding hydrogens is 256 g/mol. The Bertz CT molecular complexity index is 417. The summed E-state index contributed by atoms with van der Waals surface area (Å²) in [7, 11) is 0. The second-order valence-corrected chi connectivity index (χ2v) is 4.17. The Hall–Kier alpha value is -1.58. The fourth-order valence-corrected chi connectivity index (χ4v) is 1.70. The van der Waals surface area contributed by atoms with E-state index in [0.29, 0.717) is 32.8 Å². The lowest BCUT2D eigenvalue weighted by Gasteiger charge is -2.20. The second-order valence-electron chi connectivity index (χ2n) is 4.17. The number of hydrogen-bond acceptors (Lipinski definition) is 5. The Balaban J connectivity index is 2.37. The molecular formula is C15H22N2O3. The Labute approximate surface area is 120 Å². The van der Waals surface area contributed by atoms with Crippen LogP contribution in [0.15, 0.2) is 24.3 Å². The number of benzene rings is 1. The van der Waals surface area contributed by atoms with Gasteiger partial charge in [0, 0.05) is 25.2 Å². The summed E-state index contributed by atoms with van der Waals surface area (Å²) < 4.78 is 5.61. The van der Waals surface area contributed by atoms with Crippen LogP contribution in [0.2, 0.25) is 0 Å². The van der Waals surface area contributed by atoms with Crippen molar-refractivity contribution in [2.24, 2.45) is 5.73 Å². The highest BCUT2D eigenvalue weighted by Crippen LogP contribution is 2.11. The first kappa shape index (κ1) is 16.5. The van der Waals surface area contributed by atoms with E-state index in [2.05, 4.69) is 11.8 Å². The van der Waals surface area contributed by atoms with Gasteiger partial charge in [-0.1, -0.05) is 11.8 Å². The molecule has 0 heterocycles. The van der Waals surface area contributed by atoms with Crippen molar-refractivity contribution in [1.29, 1.82) is 0 Å². The van der Waals surface area contributed by atoms with Crippen LogP contribution in [0.4, 0.5) is 0 Å². The average molecular weight is 278 g/mol. The van der Waals surface area contributed by atoms with Crippen LogP contribution >= 0.6 is 0 Å². The summed E-state index contributed by atoms with van der Waals surface area (Å²) >= 11 is 0. The summed E-state index contributed by atoms with van der Waals surface area (Å²) in [6.07, 6.45) is 0. The van der Waals surface area contributed by atoms with Crippen LogP contribution < -0.4 is 10.5 Å². The van der Waals surface area contributed by atoms with E-state index in [1.54, 1.807) is 0 Å². The van der Waals surface area contributed by atoms with E-state index in [1.807, 2.05) is 29.2 Å². The predicted octanol–water partition coefficient (Wildman–Crippen LogP) is -0.338. The van der Waals surface area contributed by atoms with Gasteiger partial charge >= 0.3 is 0 Å². The molecule has 0 aromatic heterocycles. The molecule has 5 heteroatoms. The SMILES string of the molecule is NCC#Cc1ccc(OCCN(CCO)CCO)cc1. The molecule has 0 fully saturated rings. The van der Waals surface area contributed by atoms with Gasteiger partial charge in [0.25, 0.3) is 0 Å². The zero-order chi connectivity index (χ0) is 14.6. The van der Waals surface area contributed by atoms with Gasteiger partial charge in [-0.2, -0.15) is 0 Å². The largest absolute Gasteiger partial charge is 0.492 e. The first-order valence-corrected chi connectivity index (χ1v) is 6.66. The van der Waals surface area contributed by atoms with Gasteiger partial charge in [-0.15, -0.1) is 0 Å². The molecule has 1 rings (SSSR count). The highest BCUT2D eigenvalue weighted by atomic mass is 16.5. The van der Waals surface area contributed by atoms with Crippen LogP contribution in [-0.4, -0.2) is 61.1 Å². The molecule has 0 bridgehead atoms. The third kappa shape index (κ3) is 6.55. The molecule has 20 heavy (non-hydrogen) atoms. The molecule has 4 N–H and O–H groups in total. The van der Waals surface area contributed by atoms with Crippen molar-refractivity contribution in [2.45, 2.75) is 0 Å². The van der Waals surface area contributed by atoms with Gasteiger partial charge in [0.05, 0.1) is 19.8 Å². The van der Waals surface area contributed by atoms with Crippen molar-refractivity contribution in [2.75, 3.05) is 46.0 Å². The van der Waals surface area contributed by atoms with E-state index >= 15 is 0 Å². The number of rotatable bonds is 8. The molecule has 0 aliphatic carbocycles. The normalized spacial score (nSPS) is 10.2. The number of aliphatic hydroxyl groups excluding tert-OH is 2. The molecule has 0 atom stereocenters. The zero-order valence-corrected chi connectivity index (χ0v) is 11.6. The van der Waals surface area contributed by atoms with Crippen LogP contribution in [0.5, 0.6) is 5.75 Å². The summed E-state index contributed by atoms with van der Waals surface area (Å²) in [6, 6.07) is 7.50. The summed E-state index contributed by atoms with van der Waals surface area (Å²) in [5.74, 6) is 6.51. The third-order valence-electron chi connectivity index (χ3n) is 2.70. The molecule has 5 nitrogen and oxygen atoms in total. The van der Waals surface area contributed by atoms with E-state index in [9.17, 15) is 0 Å². The third-order valence-corrected chi connectivity index (χ3v) is 2.70. The van der Waals surface area contributed by atoms with Gasteiger partial charge in [-0.05, 0) is 24.3 Å². The number of nitrogens with two attached hydrogens (primary N) is 1. The van der Waals surface area contributed by atoms with Crippen molar-refractivity contribution < 1.29 is 14.9 Å². The lowest BCUT2D eigenvalue weighted by Crippen LogP contribution is -2.33. The van der Waals surface area contributed by atoms with Gasteiger partial charge in [-0.3, -0.25) is 4.90 Å². The van der Waals surface area contributed by atoms with Crippen LogP contribution in [0.25, 0.3) is 0 Å². The molecule has 0 saturated carbocycles. The Kier molecular flexibility index (Phi) is 8.43. The molecule has 0 radical (unpaired) electrons. The fourth-order valence-electron chi connectivity index (χ4n) is 1.70. The standard InChI is InChI=1S/C15H22N2O3/c16-7-1-2-14-3-5-15(6-4-14)20-13-10-17(8-11-18)9-12-19/h3-6,18-19H,7-13,16H2. The number of ether oxygens (including phenoxy) is 1. The second kappa shape index (κ2) is 10.2. The van der Waals surface area contributed by atoms with E-state index in [1.165, 1.54) is 0 Å². The Morgan fingerprint density at radius 2 is 1.70 bits per heavy atom. The topological polar surface area (TPSA) is 79.0 Å². The molecule has 1 aromatic carbocycles. The van der Waals surface area contributed by atoms with Crippen molar-refractivity contribution in [3.63, 3.8) is 0 Å². The minimum absolute atomic E-state index is 0.0779. The minimum atomic E-state index is 0.0779. The van der Waals surface area contributed by atoms with Crippen LogP contribution in [0, 0.1) is 11.8 Å². The number of aliphatic hydroxyl groups is 2. The number of nitrogens with zero attached hydrogens (tertiary/aromatic N) is 1. The lowest BCUT2D eigenvalue weighted by molar-refractivity contribution is 0.141. The van der Waals surface area contributed by atoms with Crippen LogP contribution in [0.1, 0.15) is 5.56 Å². The maximum Gasteiger partial charge on any atom is 0.119 e. The summed E-state index contributed by atoms with van der Waals surface area (Å²) in [6.45, 7) is 2.76.